The maximum absolute atomic E-state index is 14.1. The molecule has 0 aliphatic carbocycles. The molecule has 0 fully saturated rings. The lowest BCUT2D eigenvalue weighted by Gasteiger charge is -2.32. The van der Waals surface area contributed by atoms with E-state index in [1.165, 1.54) is 43.4 Å². The van der Waals surface area contributed by atoms with Gasteiger partial charge in [0.15, 0.2) is 11.5 Å². The zero-order valence-corrected chi connectivity index (χ0v) is 27.2. The van der Waals surface area contributed by atoms with Gasteiger partial charge in [-0.1, -0.05) is 60.3 Å². The number of anilines is 1. The molecule has 1 N–H and O–H groups in total. The van der Waals surface area contributed by atoms with Crippen molar-refractivity contribution in [1.82, 2.24) is 10.2 Å². The molecule has 2 amide bonds. The number of hydrogen-bond donors (Lipinski definition) is 1. The van der Waals surface area contributed by atoms with E-state index in [-0.39, 0.29) is 28.8 Å². The molecule has 0 aromatic heterocycles. The second kappa shape index (κ2) is 15.3. The normalized spacial score (nSPS) is 11.9. The van der Waals surface area contributed by atoms with Crippen LogP contribution in [0.4, 0.5) is 5.69 Å². The summed E-state index contributed by atoms with van der Waals surface area (Å²) in [7, 11) is -1.35. The van der Waals surface area contributed by atoms with Gasteiger partial charge in [0.25, 0.3) is 10.0 Å². The van der Waals surface area contributed by atoms with Crippen molar-refractivity contribution in [3.63, 3.8) is 0 Å². The van der Waals surface area contributed by atoms with Crippen LogP contribution in [0.1, 0.15) is 37.8 Å². The van der Waals surface area contributed by atoms with Crippen LogP contribution in [-0.4, -0.2) is 58.5 Å². The van der Waals surface area contributed by atoms with E-state index in [9.17, 15) is 18.0 Å². The zero-order chi connectivity index (χ0) is 31.7. The number of benzene rings is 3. The highest BCUT2D eigenvalue weighted by atomic mass is 35.5. The highest BCUT2D eigenvalue weighted by molar-refractivity contribution is 7.92. The van der Waals surface area contributed by atoms with Gasteiger partial charge in [-0.2, -0.15) is 0 Å². The molecule has 3 aromatic carbocycles. The minimum absolute atomic E-state index is 0.00154. The Morgan fingerprint density at radius 3 is 2.23 bits per heavy atom. The number of carbonyl (C=O) groups excluding carboxylic acids is 2. The molecule has 12 heteroatoms. The van der Waals surface area contributed by atoms with Gasteiger partial charge in [-0.25, -0.2) is 8.42 Å². The van der Waals surface area contributed by atoms with Crippen LogP contribution in [0.15, 0.2) is 65.6 Å². The first-order valence-electron chi connectivity index (χ1n) is 13.8. The number of carbonyl (C=O) groups is 2. The summed E-state index contributed by atoms with van der Waals surface area (Å²) in [5, 5.41) is 3.58. The summed E-state index contributed by atoms with van der Waals surface area (Å²) in [4.78, 5) is 28.6. The summed E-state index contributed by atoms with van der Waals surface area (Å²) in [6, 6.07) is 14.8. The highest BCUT2D eigenvalue weighted by Gasteiger charge is 2.33. The zero-order valence-electron chi connectivity index (χ0n) is 24.9. The fourth-order valence-corrected chi connectivity index (χ4v) is 6.17. The SMILES string of the molecule is CCCCNC(=O)C(C)N(Cc1ccc(Cl)cc1Cl)C(=O)CN(c1ccc(OC)c(OC)c1)S(=O)(=O)c1ccc(C)cc1. The number of rotatable bonds is 14. The third kappa shape index (κ3) is 8.55. The molecule has 0 aliphatic rings. The monoisotopic (exact) mass is 649 g/mol. The number of ether oxygens (including phenoxy) is 2. The standard InChI is InChI=1S/C31H37Cl2N3O6S/c1-6-7-16-34-31(38)22(3)35(19-23-10-11-24(32)17-27(23)33)30(37)20-36(25-12-15-28(41-4)29(18-25)42-5)43(39,40)26-13-8-21(2)9-14-26/h8-15,17-18,22H,6-7,16,19-20H2,1-5H3,(H,34,38). The van der Waals surface area contributed by atoms with Crippen LogP contribution < -0.4 is 19.1 Å². The van der Waals surface area contributed by atoms with Gasteiger partial charge < -0.3 is 19.7 Å². The minimum Gasteiger partial charge on any atom is -0.493 e. The van der Waals surface area contributed by atoms with Gasteiger partial charge in [-0.15, -0.1) is 0 Å². The van der Waals surface area contributed by atoms with E-state index in [2.05, 4.69) is 5.32 Å². The molecule has 3 aromatic rings. The molecule has 1 atom stereocenters. The van der Waals surface area contributed by atoms with Crippen molar-refractivity contribution in [2.24, 2.45) is 0 Å². The van der Waals surface area contributed by atoms with E-state index in [0.29, 0.717) is 27.9 Å². The number of halogens is 2. The first kappa shape index (κ1) is 34.0. The first-order chi connectivity index (χ1) is 20.4. The Hall–Kier alpha value is -3.47. The number of sulfonamides is 1. The number of hydrogen-bond acceptors (Lipinski definition) is 6. The lowest BCUT2D eigenvalue weighted by Crippen LogP contribution is -2.51. The number of nitrogens with zero attached hydrogens (tertiary/aromatic N) is 2. The number of aryl methyl sites for hydroxylation is 1. The fraction of sp³-hybridized carbons (Fsp3) is 0.355. The van der Waals surface area contributed by atoms with E-state index < -0.39 is 28.5 Å². The molecule has 0 heterocycles. The fourth-order valence-electron chi connectivity index (χ4n) is 4.30. The van der Waals surface area contributed by atoms with Crippen LogP contribution in [0.25, 0.3) is 0 Å². The van der Waals surface area contributed by atoms with Crippen LogP contribution in [0.5, 0.6) is 11.5 Å². The molecule has 0 radical (unpaired) electrons. The molecule has 0 saturated heterocycles. The predicted octanol–water partition coefficient (Wildman–Crippen LogP) is 5.85. The van der Waals surface area contributed by atoms with Crippen LogP contribution in [0.2, 0.25) is 10.0 Å². The Balaban J connectivity index is 2.08. The van der Waals surface area contributed by atoms with E-state index >= 15 is 0 Å². The van der Waals surface area contributed by atoms with Gasteiger partial charge in [-0.3, -0.25) is 13.9 Å². The van der Waals surface area contributed by atoms with E-state index in [4.69, 9.17) is 32.7 Å². The third-order valence-corrected chi connectivity index (χ3v) is 9.27. The summed E-state index contributed by atoms with van der Waals surface area (Å²) in [6.45, 7) is 5.23. The average Bonchev–Trinajstić information content (AvgIpc) is 2.98. The van der Waals surface area contributed by atoms with Crippen molar-refractivity contribution in [3.05, 3.63) is 81.8 Å². The van der Waals surface area contributed by atoms with Crippen molar-refractivity contribution in [3.8, 4) is 11.5 Å². The Bertz CT molecular complexity index is 1530. The summed E-state index contributed by atoms with van der Waals surface area (Å²) in [5.74, 6) is -0.313. The summed E-state index contributed by atoms with van der Waals surface area (Å²) >= 11 is 12.5. The number of amides is 2. The second-order valence-corrected chi connectivity index (χ2v) is 12.6. The molecular formula is C31H37Cl2N3O6S. The molecule has 232 valence electrons. The quantitative estimate of drug-likeness (QED) is 0.220. The molecule has 1 unspecified atom stereocenters. The van der Waals surface area contributed by atoms with Gasteiger partial charge in [0.1, 0.15) is 12.6 Å². The lowest BCUT2D eigenvalue weighted by atomic mass is 10.1. The van der Waals surface area contributed by atoms with Gasteiger partial charge in [-0.05, 0) is 62.2 Å². The van der Waals surface area contributed by atoms with Crippen molar-refractivity contribution >= 4 is 50.7 Å². The van der Waals surface area contributed by atoms with E-state index in [0.717, 1.165) is 22.7 Å². The summed E-state index contributed by atoms with van der Waals surface area (Å²) in [6.07, 6.45) is 1.66. The number of nitrogens with one attached hydrogen (secondary N) is 1. The third-order valence-electron chi connectivity index (χ3n) is 6.90. The van der Waals surface area contributed by atoms with Crippen molar-refractivity contribution in [2.45, 2.75) is 51.1 Å². The smallest absolute Gasteiger partial charge is 0.264 e. The predicted molar refractivity (Wildman–Crippen MR) is 170 cm³/mol. The Labute approximate surface area is 263 Å². The Kier molecular flexibility index (Phi) is 12.1. The van der Waals surface area contributed by atoms with Crippen LogP contribution in [-0.2, 0) is 26.2 Å². The van der Waals surface area contributed by atoms with Gasteiger partial charge in [0, 0.05) is 29.2 Å². The Morgan fingerprint density at radius 2 is 1.63 bits per heavy atom. The van der Waals surface area contributed by atoms with Crippen LogP contribution >= 0.6 is 23.2 Å². The molecule has 0 saturated carbocycles. The highest BCUT2D eigenvalue weighted by Crippen LogP contribution is 2.34. The summed E-state index contributed by atoms with van der Waals surface area (Å²) in [5.41, 5.74) is 1.60. The van der Waals surface area contributed by atoms with Crippen molar-refractivity contribution in [1.29, 1.82) is 0 Å². The van der Waals surface area contributed by atoms with Gasteiger partial charge in [0.05, 0.1) is 24.8 Å². The molecule has 9 nitrogen and oxygen atoms in total. The Morgan fingerprint density at radius 1 is 0.953 bits per heavy atom. The molecule has 3 rings (SSSR count). The topological polar surface area (TPSA) is 105 Å². The first-order valence-corrected chi connectivity index (χ1v) is 15.9. The van der Waals surface area contributed by atoms with Gasteiger partial charge in [0.2, 0.25) is 11.8 Å². The van der Waals surface area contributed by atoms with E-state index in [1.54, 1.807) is 43.3 Å². The molecule has 0 aliphatic heterocycles. The van der Waals surface area contributed by atoms with E-state index in [1.807, 2.05) is 13.8 Å². The van der Waals surface area contributed by atoms with Crippen molar-refractivity contribution in [2.75, 3.05) is 31.6 Å². The lowest BCUT2D eigenvalue weighted by molar-refractivity contribution is -0.139. The van der Waals surface area contributed by atoms with Crippen molar-refractivity contribution < 1.29 is 27.5 Å². The molecule has 0 bridgehead atoms. The van der Waals surface area contributed by atoms with Gasteiger partial charge >= 0.3 is 0 Å². The molecule has 43 heavy (non-hydrogen) atoms. The average molecular weight is 651 g/mol. The largest absolute Gasteiger partial charge is 0.493 e. The maximum Gasteiger partial charge on any atom is 0.264 e. The summed E-state index contributed by atoms with van der Waals surface area (Å²) < 4.78 is 39.8. The number of unbranched alkanes of at least 4 members (excludes halogenated alkanes) is 1. The maximum atomic E-state index is 14.1. The molecule has 0 spiro atoms. The molecular weight excluding hydrogens is 613 g/mol. The van der Waals surface area contributed by atoms with Crippen LogP contribution in [0.3, 0.4) is 0 Å². The minimum atomic E-state index is -4.25. The van der Waals surface area contributed by atoms with Crippen LogP contribution in [0, 0.1) is 6.92 Å². The second-order valence-electron chi connectivity index (χ2n) is 9.94. The number of methoxy groups -OCH3 is 2.